The molecule has 8 rings (SSSR count). The minimum Gasteiger partial charge on any atom is -0.461 e. The molecule has 0 bridgehead atoms. The highest BCUT2D eigenvalue weighted by Crippen LogP contribution is 2.81. The van der Waals surface area contributed by atoms with Crippen LogP contribution < -0.4 is 5.73 Å². The van der Waals surface area contributed by atoms with Crippen molar-refractivity contribution in [2.24, 2.45) is 68.8 Å². The Morgan fingerprint density at radius 2 is 1.51 bits per heavy atom. The second kappa shape index (κ2) is 10.2. The van der Waals surface area contributed by atoms with E-state index in [9.17, 15) is 34.5 Å². The van der Waals surface area contributed by atoms with Gasteiger partial charge in [-0.3, -0.25) is 14.4 Å². The molecule has 0 aromatic heterocycles. The average molecular weight is 720 g/mol. The first kappa shape index (κ1) is 35.7. The Labute approximate surface area is 297 Å². The van der Waals surface area contributed by atoms with Gasteiger partial charge in [-0.15, -0.1) is 0 Å². The van der Waals surface area contributed by atoms with Crippen molar-refractivity contribution in [2.75, 3.05) is 0 Å². The van der Waals surface area contributed by atoms with Crippen LogP contribution in [0.1, 0.15) is 75.7 Å². The van der Waals surface area contributed by atoms with Crippen molar-refractivity contribution in [3.05, 3.63) is 0 Å². The van der Waals surface area contributed by atoms with E-state index in [1.807, 2.05) is 20.8 Å². The molecule has 3 saturated heterocycles. The largest absolute Gasteiger partial charge is 0.461 e. The number of rotatable bonds is 3. The molecule has 51 heavy (non-hydrogen) atoms. The van der Waals surface area contributed by atoms with Crippen LogP contribution in [0.5, 0.6) is 0 Å². The maximum atomic E-state index is 14.1. The number of aliphatic hydroxyl groups is 3. The highest BCUT2D eigenvalue weighted by atomic mass is 16.8. The Hall–Kier alpha value is -2.36. The van der Waals surface area contributed by atoms with Gasteiger partial charge in [-0.1, -0.05) is 20.8 Å². The molecule has 5 saturated carbocycles. The third kappa shape index (κ3) is 3.99. The third-order valence-electron chi connectivity index (χ3n) is 15.6. The molecule has 0 aromatic carbocycles. The monoisotopic (exact) mass is 719 g/mol. The number of nitrogens with two attached hydrogens (primary N) is 1. The van der Waals surface area contributed by atoms with Gasteiger partial charge >= 0.3 is 23.9 Å². The second-order valence-electron chi connectivity index (χ2n) is 18.9. The maximum absolute atomic E-state index is 14.1. The fraction of sp³-hybridized carbons (Fsp3) is 0.892. The zero-order chi connectivity index (χ0) is 37.5. The number of carbonyl (C=O) groups excluding carboxylic acids is 4. The lowest BCUT2D eigenvalue weighted by Crippen LogP contribution is -2.76. The summed E-state index contributed by atoms with van der Waals surface area (Å²) in [5, 5.41) is 36.9. The molecule has 0 amide bonds. The van der Waals surface area contributed by atoms with Crippen molar-refractivity contribution >= 4 is 23.9 Å². The lowest BCUT2D eigenvalue weighted by atomic mass is 9.40. The van der Waals surface area contributed by atoms with Gasteiger partial charge in [0.1, 0.15) is 30.5 Å². The summed E-state index contributed by atoms with van der Waals surface area (Å²) in [7, 11) is 0. The van der Waals surface area contributed by atoms with E-state index in [1.165, 1.54) is 20.8 Å². The Balaban J connectivity index is 1.42. The van der Waals surface area contributed by atoms with Crippen LogP contribution in [-0.2, 0) is 47.6 Å². The summed E-state index contributed by atoms with van der Waals surface area (Å²) in [6.45, 7) is 16.5. The first-order chi connectivity index (χ1) is 23.4. The first-order valence-corrected chi connectivity index (χ1v) is 18.4. The fourth-order valence-corrected chi connectivity index (χ4v) is 13.3. The number of fused-ring (bicyclic) bond motifs is 9. The quantitative estimate of drug-likeness (QED) is 0.181. The van der Waals surface area contributed by atoms with Gasteiger partial charge in [-0.2, -0.15) is 0 Å². The average Bonchev–Trinajstić information content (AvgIpc) is 3.92. The summed E-state index contributed by atoms with van der Waals surface area (Å²) in [5.41, 5.74) is 0.0470. The van der Waals surface area contributed by atoms with Crippen LogP contribution in [0.3, 0.4) is 0 Å². The molecule has 5 aliphatic carbocycles. The van der Waals surface area contributed by atoms with Gasteiger partial charge in [-0.05, 0) is 58.8 Å². The van der Waals surface area contributed by atoms with Crippen molar-refractivity contribution < 1.29 is 62.9 Å². The van der Waals surface area contributed by atoms with Gasteiger partial charge in [-0.25, -0.2) is 4.79 Å². The number of esters is 4. The van der Waals surface area contributed by atoms with Crippen molar-refractivity contribution in [3.8, 4) is 0 Å². The van der Waals surface area contributed by atoms with Gasteiger partial charge in [0.15, 0.2) is 5.60 Å². The molecular formula is C37H53NO13. The van der Waals surface area contributed by atoms with E-state index < -0.39 is 147 Å². The van der Waals surface area contributed by atoms with Crippen LogP contribution in [0.15, 0.2) is 0 Å². The number of aliphatic hydroxyl groups excluding tert-OH is 2. The standard InChI is InChI=1S/C37H53NO13/c1-12-18-21(35(9)36(10,45)31(44)51-37(35)28(12)50-37)25(49-30(43)32(4,5)6)19-17-20(26(46-13(2)39)29(34(18,19)8)47-14(3)40)33(7)15(22(38)23(17)41)11-16-24(48-16)27(33)42/h12,15-29,41-42,45H,11,38H2,1-10H3/t12-,15+,16-,17?,18-,19+,20?,21-,22-,23+,24-,25+,26-,27-,28+,29-,33-,34+,35-,36+,37-/m0/s1. The van der Waals surface area contributed by atoms with E-state index >= 15 is 0 Å². The molecule has 2 unspecified atom stereocenters. The predicted octanol–water partition coefficient (Wildman–Crippen LogP) is 0.837. The van der Waals surface area contributed by atoms with E-state index in [0.29, 0.717) is 6.42 Å². The summed E-state index contributed by atoms with van der Waals surface area (Å²) in [6.07, 6.45) is -6.73. The Morgan fingerprint density at radius 1 is 0.902 bits per heavy atom. The van der Waals surface area contributed by atoms with Gasteiger partial charge in [0.2, 0.25) is 5.79 Å². The molecule has 8 aliphatic rings. The molecule has 1 spiro atoms. The Kier molecular flexibility index (Phi) is 7.15. The molecule has 0 aromatic rings. The highest BCUT2D eigenvalue weighted by molar-refractivity contribution is 5.84. The van der Waals surface area contributed by atoms with E-state index in [-0.39, 0.29) is 6.10 Å². The van der Waals surface area contributed by atoms with Crippen LogP contribution in [0.2, 0.25) is 0 Å². The number of hydrogen-bond donors (Lipinski definition) is 4. The van der Waals surface area contributed by atoms with Gasteiger partial charge in [0.05, 0.1) is 29.1 Å². The topological polar surface area (TPSA) is 217 Å². The Bertz CT molecular complexity index is 1590. The fourth-order valence-electron chi connectivity index (χ4n) is 13.3. The molecule has 14 nitrogen and oxygen atoms in total. The van der Waals surface area contributed by atoms with Crippen LogP contribution >= 0.6 is 0 Å². The SMILES string of the molecule is CC(=O)O[C@H]1C2C([C@@H](O)[C@@H](N)[C@H]3C[C@@H]4O[C@@H]4[C@H](O)[C@]23C)[C@@H]2[C@@H](OC(=O)C(C)(C)C)[C@@H]3[C@H]([C@H](C)[C@H]4O[C@]45OC(=O)[C@@](C)(O)[C@]35C)[C@@]2(C)[C@H]1OC(C)=O. The zero-order valence-electron chi connectivity index (χ0n) is 30.9. The first-order valence-electron chi connectivity index (χ1n) is 18.4. The molecule has 3 aliphatic heterocycles. The number of carbonyl (C=O) groups is 4. The zero-order valence-corrected chi connectivity index (χ0v) is 30.9. The number of hydrogen-bond acceptors (Lipinski definition) is 14. The smallest absolute Gasteiger partial charge is 0.341 e. The molecule has 14 heteroatoms. The summed E-state index contributed by atoms with van der Waals surface area (Å²) in [5.74, 6) is -9.21. The summed E-state index contributed by atoms with van der Waals surface area (Å²) in [4.78, 5) is 54.0. The van der Waals surface area contributed by atoms with Crippen LogP contribution in [0, 0.1) is 63.1 Å². The summed E-state index contributed by atoms with van der Waals surface area (Å²) < 4.78 is 37.4. The van der Waals surface area contributed by atoms with E-state index in [4.69, 9.17) is 34.2 Å². The van der Waals surface area contributed by atoms with Crippen molar-refractivity contribution in [1.82, 2.24) is 0 Å². The third-order valence-corrected chi connectivity index (χ3v) is 15.6. The lowest BCUT2D eigenvalue weighted by molar-refractivity contribution is -0.284. The maximum Gasteiger partial charge on any atom is 0.341 e. The van der Waals surface area contributed by atoms with Gasteiger partial charge < -0.3 is 49.5 Å². The van der Waals surface area contributed by atoms with Crippen LogP contribution in [-0.4, -0.2) is 105 Å². The molecule has 0 radical (unpaired) electrons. The molecule has 3 heterocycles. The summed E-state index contributed by atoms with van der Waals surface area (Å²) >= 11 is 0. The summed E-state index contributed by atoms with van der Waals surface area (Å²) in [6, 6.07) is -0.860. The van der Waals surface area contributed by atoms with Crippen molar-refractivity contribution in [3.63, 3.8) is 0 Å². The molecule has 284 valence electrons. The van der Waals surface area contributed by atoms with E-state index in [0.717, 1.165) is 0 Å². The van der Waals surface area contributed by atoms with E-state index in [2.05, 4.69) is 0 Å². The van der Waals surface area contributed by atoms with Gasteiger partial charge in [0.25, 0.3) is 0 Å². The molecule has 8 fully saturated rings. The molecular weight excluding hydrogens is 666 g/mol. The predicted molar refractivity (Wildman–Crippen MR) is 172 cm³/mol. The number of ether oxygens (including phenoxy) is 6. The lowest BCUT2D eigenvalue weighted by Gasteiger charge is -2.67. The number of epoxide rings is 2. The van der Waals surface area contributed by atoms with Crippen LogP contribution in [0.4, 0.5) is 0 Å². The van der Waals surface area contributed by atoms with Crippen molar-refractivity contribution in [2.45, 2.75) is 142 Å². The normalized spacial score (nSPS) is 58.6. The minimum absolute atomic E-state index is 0.237. The minimum atomic E-state index is -2.11. The molecule has 5 N–H and O–H groups in total. The Morgan fingerprint density at radius 3 is 2.10 bits per heavy atom. The van der Waals surface area contributed by atoms with Crippen LogP contribution in [0.25, 0.3) is 0 Å². The highest BCUT2D eigenvalue weighted by Gasteiger charge is 2.93. The molecule has 21 atom stereocenters. The van der Waals surface area contributed by atoms with Crippen molar-refractivity contribution in [1.29, 1.82) is 0 Å². The van der Waals surface area contributed by atoms with E-state index in [1.54, 1.807) is 27.7 Å². The van der Waals surface area contributed by atoms with Gasteiger partial charge in [0, 0.05) is 54.4 Å². The second-order valence-corrected chi connectivity index (χ2v) is 18.9.